The molecule has 1 aliphatic carbocycles. The van der Waals surface area contributed by atoms with E-state index in [1.807, 2.05) is 49.4 Å². The van der Waals surface area contributed by atoms with Gasteiger partial charge in [0.05, 0.1) is 4.75 Å². The van der Waals surface area contributed by atoms with Crippen molar-refractivity contribution in [3.63, 3.8) is 0 Å². The van der Waals surface area contributed by atoms with E-state index in [0.29, 0.717) is 30.0 Å². The van der Waals surface area contributed by atoms with Crippen molar-refractivity contribution in [1.82, 2.24) is 16.0 Å². The number of unbranched alkanes of at least 4 members (excludes halogenated alkanes) is 2. The number of urea groups is 1. The number of ketones is 1. The molecular weight excluding hydrogens is 608 g/mol. The molecular formula is C34H45N4O7S. The standard InChI is InChI=1S/C34H45N4O7S/c1-6-7-9-18-26(39)27(25-17-13-12-16-24(25)23-14-10-8-11-15-23)34(33(4,45-34)30(35)41)38-29(40)28(32(2,3)46(5,43)44)37-31(42)36-21-22-19-20-22/h8,10-17,22,28H,6-7,9,18-21H2,1-5H3,(H2,35,41)(H,38,40)(H2,36,37,42)/t28-,33-,34+/m1/s1. The summed E-state index contributed by atoms with van der Waals surface area (Å²) in [6.45, 7) is 6.42. The lowest BCUT2D eigenvalue weighted by Gasteiger charge is -2.35. The summed E-state index contributed by atoms with van der Waals surface area (Å²) in [5, 5.41) is 7.95. The SMILES string of the molecule is CCCCCC(=O)[C](c1ccccc1-c1ccccc1)[C@]1(NC(=O)[C@@H](NC(=O)NCC2CC2)C(C)(C)S(C)(=O)=O)O[C@]1(C)C(N)=O. The molecule has 46 heavy (non-hydrogen) atoms. The van der Waals surface area contributed by atoms with Crippen molar-refractivity contribution in [1.29, 1.82) is 0 Å². The topological polar surface area (TPSA) is 177 Å². The molecule has 0 bridgehead atoms. The van der Waals surface area contributed by atoms with Crippen LogP contribution in [0.5, 0.6) is 0 Å². The van der Waals surface area contributed by atoms with E-state index in [1.165, 1.54) is 20.8 Å². The summed E-state index contributed by atoms with van der Waals surface area (Å²) in [6.07, 6.45) is 5.20. The van der Waals surface area contributed by atoms with Gasteiger partial charge in [0.15, 0.2) is 21.2 Å². The Balaban J connectivity index is 1.82. The van der Waals surface area contributed by atoms with Gasteiger partial charge in [-0.2, -0.15) is 0 Å². The van der Waals surface area contributed by atoms with Crippen molar-refractivity contribution >= 4 is 33.5 Å². The summed E-state index contributed by atoms with van der Waals surface area (Å²) in [6, 6.07) is 14.0. The maximum absolute atomic E-state index is 14.3. The minimum Gasteiger partial charge on any atom is -0.367 e. The predicted octanol–water partition coefficient (Wildman–Crippen LogP) is 3.41. The molecule has 4 amide bonds. The van der Waals surface area contributed by atoms with Gasteiger partial charge in [-0.25, -0.2) is 13.2 Å². The number of sulfone groups is 1. The number of hydrogen-bond acceptors (Lipinski definition) is 7. The second kappa shape index (κ2) is 13.5. The van der Waals surface area contributed by atoms with Crippen molar-refractivity contribution in [2.24, 2.45) is 11.7 Å². The van der Waals surface area contributed by atoms with Gasteiger partial charge in [0.1, 0.15) is 17.7 Å². The first-order chi connectivity index (χ1) is 21.6. The summed E-state index contributed by atoms with van der Waals surface area (Å²) < 4.78 is 30.2. The number of carbonyl (C=O) groups excluding carboxylic acids is 4. The van der Waals surface area contributed by atoms with Crippen molar-refractivity contribution in [2.75, 3.05) is 12.8 Å². The van der Waals surface area contributed by atoms with E-state index in [0.717, 1.165) is 37.5 Å². The van der Waals surface area contributed by atoms with Crippen LogP contribution < -0.4 is 21.7 Å². The molecule has 2 aliphatic rings. The number of primary amides is 1. The van der Waals surface area contributed by atoms with Gasteiger partial charge < -0.3 is 26.4 Å². The van der Waals surface area contributed by atoms with Gasteiger partial charge in [0.25, 0.3) is 5.91 Å². The fraction of sp³-hybridized carbons (Fsp3) is 0.500. The zero-order valence-electron chi connectivity index (χ0n) is 27.1. The van der Waals surface area contributed by atoms with Crippen molar-refractivity contribution in [2.45, 2.75) is 88.3 Å². The highest BCUT2D eigenvalue weighted by atomic mass is 32.2. The predicted molar refractivity (Wildman–Crippen MR) is 175 cm³/mol. The first-order valence-electron chi connectivity index (χ1n) is 15.7. The first kappa shape index (κ1) is 35.1. The number of benzene rings is 2. The van der Waals surface area contributed by atoms with E-state index in [-0.39, 0.29) is 18.1 Å². The summed E-state index contributed by atoms with van der Waals surface area (Å²) in [4.78, 5) is 54.4. The Kier molecular flexibility index (Phi) is 10.3. The zero-order chi connectivity index (χ0) is 33.9. The number of rotatable bonds is 16. The third-order valence-electron chi connectivity index (χ3n) is 9.11. The molecule has 1 saturated heterocycles. The Morgan fingerprint density at radius 1 is 1.02 bits per heavy atom. The number of nitrogens with one attached hydrogen (secondary N) is 3. The second-order valence-corrected chi connectivity index (χ2v) is 15.5. The Labute approximate surface area is 271 Å². The van der Waals surface area contributed by atoms with Crippen LogP contribution >= 0.6 is 0 Å². The molecule has 5 N–H and O–H groups in total. The number of hydrogen-bond donors (Lipinski definition) is 4. The highest BCUT2D eigenvalue weighted by molar-refractivity contribution is 7.92. The molecule has 1 heterocycles. The average molecular weight is 654 g/mol. The van der Waals surface area contributed by atoms with Crippen LogP contribution in [0.25, 0.3) is 11.1 Å². The lowest BCUT2D eigenvalue weighted by atomic mass is 9.77. The van der Waals surface area contributed by atoms with Crippen LogP contribution in [0.15, 0.2) is 54.6 Å². The summed E-state index contributed by atoms with van der Waals surface area (Å²) >= 11 is 0. The Morgan fingerprint density at radius 3 is 2.22 bits per heavy atom. The summed E-state index contributed by atoms with van der Waals surface area (Å²) in [7, 11) is -3.95. The Hall–Kier alpha value is -3.77. The quantitative estimate of drug-likeness (QED) is 0.158. The van der Waals surface area contributed by atoms with E-state index in [4.69, 9.17) is 10.5 Å². The first-order valence-corrected chi connectivity index (χ1v) is 17.6. The largest absolute Gasteiger partial charge is 0.367 e. The second-order valence-electron chi connectivity index (χ2n) is 12.9. The molecule has 1 radical (unpaired) electrons. The van der Waals surface area contributed by atoms with Crippen LogP contribution in [0.1, 0.15) is 71.8 Å². The highest BCUT2D eigenvalue weighted by Gasteiger charge is 2.78. The number of epoxide rings is 1. The van der Waals surface area contributed by atoms with Crippen LogP contribution in [0.4, 0.5) is 4.79 Å². The molecule has 249 valence electrons. The van der Waals surface area contributed by atoms with E-state index in [9.17, 15) is 27.6 Å². The Morgan fingerprint density at radius 2 is 1.65 bits per heavy atom. The maximum atomic E-state index is 14.3. The minimum atomic E-state index is -3.95. The van der Waals surface area contributed by atoms with Gasteiger partial charge >= 0.3 is 6.03 Å². The lowest BCUT2D eigenvalue weighted by Crippen LogP contribution is -2.65. The monoisotopic (exact) mass is 653 g/mol. The Bertz CT molecular complexity index is 1570. The van der Waals surface area contributed by atoms with E-state index in [2.05, 4.69) is 16.0 Å². The highest BCUT2D eigenvalue weighted by Crippen LogP contribution is 2.55. The number of amides is 4. The molecule has 12 heteroatoms. The fourth-order valence-corrected chi connectivity index (χ4v) is 6.12. The van der Waals surface area contributed by atoms with Gasteiger partial charge in [-0.3, -0.25) is 14.4 Å². The summed E-state index contributed by atoms with van der Waals surface area (Å²) in [5.74, 6) is -1.90. The normalized spacial score (nSPS) is 21.7. The maximum Gasteiger partial charge on any atom is 0.315 e. The minimum absolute atomic E-state index is 0.0202. The van der Waals surface area contributed by atoms with Gasteiger partial charge in [0.2, 0.25) is 5.91 Å². The molecule has 2 fully saturated rings. The number of Topliss-reactive ketones (excluding diaryl/α,β-unsaturated/α-hetero) is 1. The molecule has 3 atom stereocenters. The van der Waals surface area contributed by atoms with Crippen LogP contribution in [0, 0.1) is 11.8 Å². The third-order valence-corrected chi connectivity index (χ3v) is 11.3. The van der Waals surface area contributed by atoms with Gasteiger partial charge in [-0.15, -0.1) is 0 Å². The van der Waals surface area contributed by atoms with E-state index >= 15 is 0 Å². The fourth-order valence-electron chi connectivity index (χ4n) is 5.52. The van der Waals surface area contributed by atoms with Crippen LogP contribution in [0.3, 0.4) is 0 Å². The van der Waals surface area contributed by atoms with Crippen molar-refractivity contribution < 1.29 is 32.3 Å². The zero-order valence-corrected chi connectivity index (χ0v) is 28.0. The molecule has 11 nitrogen and oxygen atoms in total. The van der Waals surface area contributed by atoms with E-state index < -0.39 is 49.8 Å². The molecule has 0 unspecified atom stereocenters. The summed E-state index contributed by atoms with van der Waals surface area (Å²) in [5.41, 5.74) is 3.79. The van der Waals surface area contributed by atoms with E-state index in [1.54, 1.807) is 12.1 Å². The molecule has 1 aliphatic heterocycles. The van der Waals surface area contributed by atoms with Gasteiger partial charge in [-0.1, -0.05) is 74.4 Å². The van der Waals surface area contributed by atoms with Gasteiger partial charge in [0, 0.05) is 19.2 Å². The molecule has 0 aromatic heterocycles. The smallest absolute Gasteiger partial charge is 0.315 e. The molecule has 2 aromatic rings. The van der Waals surface area contributed by atoms with Crippen molar-refractivity contribution in [3.05, 3.63) is 66.1 Å². The number of nitrogens with two attached hydrogens (primary N) is 1. The van der Waals surface area contributed by atoms with Crippen LogP contribution in [0.2, 0.25) is 0 Å². The molecule has 0 spiro atoms. The molecule has 1 saturated carbocycles. The average Bonchev–Trinajstić information content (AvgIpc) is 3.92. The van der Waals surface area contributed by atoms with Crippen LogP contribution in [-0.2, 0) is 29.0 Å². The van der Waals surface area contributed by atoms with Crippen LogP contribution in [-0.4, -0.2) is 67.0 Å². The van der Waals surface area contributed by atoms with Crippen molar-refractivity contribution in [3.8, 4) is 11.1 Å². The van der Waals surface area contributed by atoms with Gasteiger partial charge in [-0.05, 0) is 62.6 Å². The molecule has 4 rings (SSSR count). The third kappa shape index (κ3) is 7.12. The lowest BCUT2D eigenvalue weighted by molar-refractivity contribution is -0.125. The number of carbonyl (C=O) groups is 4. The molecule has 2 aromatic carbocycles. The number of ether oxygens (including phenoxy) is 1.